The number of fused-ring (bicyclic) bond motifs is 2. The van der Waals surface area contributed by atoms with Gasteiger partial charge in [0, 0.05) is 11.8 Å². The van der Waals surface area contributed by atoms with Gasteiger partial charge in [0.1, 0.15) is 5.78 Å². The maximum Gasteiger partial charge on any atom is 0.138 e. The van der Waals surface area contributed by atoms with Crippen molar-refractivity contribution in [1.29, 1.82) is 0 Å². The molecule has 2 atom stereocenters. The van der Waals surface area contributed by atoms with Gasteiger partial charge in [0.15, 0.2) is 0 Å². The highest BCUT2D eigenvalue weighted by Crippen LogP contribution is 2.45. The zero-order chi connectivity index (χ0) is 9.42. The van der Waals surface area contributed by atoms with Gasteiger partial charge in [0.2, 0.25) is 0 Å². The number of Topliss-reactive ketones (excluding diaryl/α,β-unsaturated/α-hetero) is 1. The van der Waals surface area contributed by atoms with Crippen LogP contribution in [0.25, 0.3) is 0 Å². The molecule has 0 aromatic rings. The molecule has 0 aliphatic heterocycles. The van der Waals surface area contributed by atoms with E-state index in [9.17, 15) is 4.79 Å². The van der Waals surface area contributed by atoms with E-state index < -0.39 is 0 Å². The Kier molecular flexibility index (Phi) is 2.44. The zero-order valence-electron chi connectivity index (χ0n) is 8.75. The normalized spacial score (nSPS) is 38.2. The summed E-state index contributed by atoms with van der Waals surface area (Å²) in [5.74, 6) is 2.99. The molecular weight excluding hydrogens is 160 g/mol. The van der Waals surface area contributed by atoms with E-state index in [1.807, 2.05) is 13.8 Å². The van der Waals surface area contributed by atoms with Crippen LogP contribution in [0.3, 0.4) is 0 Å². The Morgan fingerprint density at radius 1 is 1.08 bits per heavy atom. The van der Waals surface area contributed by atoms with Crippen molar-refractivity contribution in [3.63, 3.8) is 0 Å². The summed E-state index contributed by atoms with van der Waals surface area (Å²) in [6.07, 6.45) is 6.61. The molecule has 2 bridgehead atoms. The van der Waals surface area contributed by atoms with Gasteiger partial charge in [-0.15, -0.1) is 0 Å². The average Bonchev–Trinajstić information content (AvgIpc) is 2.44. The van der Waals surface area contributed by atoms with Gasteiger partial charge in [-0.05, 0) is 31.1 Å². The summed E-state index contributed by atoms with van der Waals surface area (Å²) >= 11 is 0. The first kappa shape index (κ1) is 9.23. The molecule has 0 amide bonds. The predicted octanol–water partition coefficient (Wildman–Crippen LogP) is 3.04. The van der Waals surface area contributed by atoms with E-state index in [-0.39, 0.29) is 5.92 Å². The van der Waals surface area contributed by atoms with E-state index in [0.29, 0.717) is 11.7 Å². The minimum Gasteiger partial charge on any atom is -0.299 e. The lowest BCUT2D eigenvalue weighted by atomic mass is 9.77. The van der Waals surface area contributed by atoms with Gasteiger partial charge in [-0.1, -0.05) is 26.7 Å². The second kappa shape index (κ2) is 3.43. The van der Waals surface area contributed by atoms with Crippen molar-refractivity contribution < 1.29 is 4.79 Å². The van der Waals surface area contributed by atoms with E-state index in [4.69, 9.17) is 0 Å². The quantitative estimate of drug-likeness (QED) is 0.638. The van der Waals surface area contributed by atoms with Gasteiger partial charge < -0.3 is 0 Å². The van der Waals surface area contributed by atoms with Gasteiger partial charge in [-0.2, -0.15) is 0 Å². The van der Waals surface area contributed by atoms with Crippen LogP contribution in [0.15, 0.2) is 0 Å². The molecule has 2 rings (SSSR count). The summed E-state index contributed by atoms with van der Waals surface area (Å²) in [5.41, 5.74) is 0. The molecule has 2 unspecified atom stereocenters. The van der Waals surface area contributed by atoms with E-state index >= 15 is 0 Å². The molecule has 0 heterocycles. The maximum absolute atomic E-state index is 11.8. The molecule has 74 valence electrons. The Morgan fingerprint density at radius 2 is 1.62 bits per heavy atom. The molecular formula is C12H20O. The van der Waals surface area contributed by atoms with Crippen molar-refractivity contribution in [2.45, 2.75) is 46.0 Å². The predicted molar refractivity (Wildman–Crippen MR) is 53.4 cm³/mol. The number of hydrogen-bond acceptors (Lipinski definition) is 1. The van der Waals surface area contributed by atoms with Crippen LogP contribution in [-0.4, -0.2) is 5.78 Å². The molecule has 0 aromatic heterocycles. The van der Waals surface area contributed by atoms with Gasteiger partial charge in [0.05, 0.1) is 0 Å². The third-order valence-corrected chi connectivity index (χ3v) is 3.86. The van der Waals surface area contributed by atoms with Crippen LogP contribution in [-0.2, 0) is 4.79 Å². The lowest BCUT2D eigenvalue weighted by Gasteiger charge is -2.27. The Balaban J connectivity index is 1.98. The Labute approximate surface area is 80.9 Å². The monoisotopic (exact) mass is 180 g/mol. The minimum atomic E-state index is 0.252. The van der Waals surface area contributed by atoms with Crippen LogP contribution in [0.1, 0.15) is 46.0 Å². The van der Waals surface area contributed by atoms with E-state index in [0.717, 1.165) is 11.8 Å². The van der Waals surface area contributed by atoms with Gasteiger partial charge in [0.25, 0.3) is 0 Å². The second-order valence-electron chi connectivity index (χ2n) is 5.27. The summed E-state index contributed by atoms with van der Waals surface area (Å²) < 4.78 is 0. The Morgan fingerprint density at radius 3 is 2.08 bits per heavy atom. The number of ketones is 1. The summed E-state index contributed by atoms with van der Waals surface area (Å²) in [6.45, 7) is 4.08. The first-order valence-electron chi connectivity index (χ1n) is 5.70. The topological polar surface area (TPSA) is 17.1 Å². The molecule has 0 spiro atoms. The number of hydrogen-bond donors (Lipinski definition) is 0. The summed E-state index contributed by atoms with van der Waals surface area (Å²) in [4.78, 5) is 11.8. The highest BCUT2D eigenvalue weighted by atomic mass is 16.1. The minimum absolute atomic E-state index is 0.252. The molecule has 1 nitrogen and oxygen atoms in total. The first-order chi connectivity index (χ1) is 6.16. The Hall–Kier alpha value is -0.330. The zero-order valence-corrected chi connectivity index (χ0v) is 8.75. The third kappa shape index (κ3) is 1.79. The summed E-state index contributed by atoms with van der Waals surface area (Å²) in [6, 6.07) is 0. The highest BCUT2D eigenvalue weighted by molar-refractivity contribution is 5.82. The van der Waals surface area contributed by atoms with Gasteiger partial charge >= 0.3 is 0 Å². The molecule has 2 aliphatic rings. The van der Waals surface area contributed by atoms with Crippen LogP contribution in [0.4, 0.5) is 0 Å². The maximum atomic E-state index is 11.8. The van der Waals surface area contributed by atoms with Crippen molar-refractivity contribution in [1.82, 2.24) is 0 Å². The number of carbonyl (C=O) groups excluding carboxylic acids is 1. The fraction of sp³-hybridized carbons (Fsp3) is 0.917. The molecule has 0 aromatic carbocycles. The Bertz CT molecular complexity index is 195. The van der Waals surface area contributed by atoms with Crippen LogP contribution in [0, 0.1) is 23.7 Å². The van der Waals surface area contributed by atoms with E-state index in [2.05, 4.69) is 0 Å². The molecule has 13 heavy (non-hydrogen) atoms. The van der Waals surface area contributed by atoms with E-state index in [1.54, 1.807) is 0 Å². The SMILES string of the molecule is CC(C)C(=O)C1CC2CCC(C2)C1. The number of carbonyl (C=O) groups is 1. The van der Waals surface area contributed by atoms with Crippen LogP contribution >= 0.6 is 0 Å². The van der Waals surface area contributed by atoms with Crippen molar-refractivity contribution in [2.24, 2.45) is 23.7 Å². The molecule has 0 N–H and O–H groups in total. The van der Waals surface area contributed by atoms with Crippen LogP contribution < -0.4 is 0 Å². The third-order valence-electron chi connectivity index (χ3n) is 3.86. The van der Waals surface area contributed by atoms with Gasteiger partial charge in [-0.3, -0.25) is 4.79 Å². The molecule has 2 saturated carbocycles. The van der Waals surface area contributed by atoms with Crippen LogP contribution in [0.5, 0.6) is 0 Å². The largest absolute Gasteiger partial charge is 0.299 e. The molecule has 1 heteroatoms. The second-order valence-corrected chi connectivity index (χ2v) is 5.27. The molecule has 0 saturated heterocycles. The molecule has 0 radical (unpaired) electrons. The van der Waals surface area contributed by atoms with Crippen molar-refractivity contribution in [2.75, 3.05) is 0 Å². The first-order valence-corrected chi connectivity index (χ1v) is 5.70. The lowest BCUT2D eigenvalue weighted by Crippen LogP contribution is -2.26. The molecule has 2 fully saturated rings. The van der Waals surface area contributed by atoms with Crippen molar-refractivity contribution >= 4 is 5.78 Å². The average molecular weight is 180 g/mol. The van der Waals surface area contributed by atoms with Crippen molar-refractivity contribution in [3.05, 3.63) is 0 Å². The number of rotatable bonds is 2. The van der Waals surface area contributed by atoms with Crippen molar-refractivity contribution in [3.8, 4) is 0 Å². The highest BCUT2D eigenvalue weighted by Gasteiger charge is 2.37. The fourth-order valence-electron chi connectivity index (χ4n) is 3.21. The standard InChI is InChI=1S/C12H20O/c1-8(2)12(13)11-6-9-3-4-10(5-9)7-11/h8-11H,3-7H2,1-2H3. The van der Waals surface area contributed by atoms with Crippen LogP contribution in [0.2, 0.25) is 0 Å². The molecule has 2 aliphatic carbocycles. The van der Waals surface area contributed by atoms with E-state index in [1.165, 1.54) is 32.1 Å². The summed E-state index contributed by atoms with van der Waals surface area (Å²) in [7, 11) is 0. The fourth-order valence-corrected chi connectivity index (χ4v) is 3.21. The van der Waals surface area contributed by atoms with Gasteiger partial charge in [-0.25, -0.2) is 0 Å². The summed E-state index contributed by atoms with van der Waals surface area (Å²) in [5, 5.41) is 0. The lowest BCUT2D eigenvalue weighted by molar-refractivity contribution is -0.127. The smallest absolute Gasteiger partial charge is 0.138 e.